The summed E-state index contributed by atoms with van der Waals surface area (Å²) < 4.78 is 1.03. The quantitative estimate of drug-likeness (QED) is 0.922. The summed E-state index contributed by atoms with van der Waals surface area (Å²) in [4.78, 5) is 18.6. The van der Waals surface area contributed by atoms with E-state index in [1.165, 1.54) is 12.1 Å². The van der Waals surface area contributed by atoms with Crippen molar-refractivity contribution in [3.05, 3.63) is 22.9 Å². The minimum atomic E-state index is 0.187. The van der Waals surface area contributed by atoms with Crippen molar-refractivity contribution < 1.29 is 4.79 Å². The monoisotopic (exact) mass is 337 g/mol. The minimum absolute atomic E-state index is 0.187. The predicted molar refractivity (Wildman–Crippen MR) is 82.7 cm³/mol. The molecule has 1 N–H and O–H groups in total. The van der Waals surface area contributed by atoms with E-state index in [4.69, 9.17) is 0 Å². The summed E-state index contributed by atoms with van der Waals surface area (Å²) in [5, 5.41) is 3.18. The second-order valence-corrected chi connectivity index (χ2v) is 6.58. The Labute approximate surface area is 128 Å². The van der Waals surface area contributed by atoms with Crippen molar-refractivity contribution in [1.82, 2.24) is 10.3 Å². The average Bonchev–Trinajstić information content (AvgIpc) is 2.43. The third-order valence-corrected chi connectivity index (χ3v) is 5.02. The minimum Gasteiger partial charge on any atom is -0.370 e. The third kappa shape index (κ3) is 2.97. The highest BCUT2D eigenvalue weighted by Crippen LogP contribution is 2.29. The summed E-state index contributed by atoms with van der Waals surface area (Å²) >= 11 is 3.54. The summed E-state index contributed by atoms with van der Waals surface area (Å²) in [5.41, 5.74) is 1.18. The second-order valence-electron chi connectivity index (χ2n) is 5.72. The van der Waals surface area contributed by atoms with E-state index in [2.05, 4.69) is 31.1 Å². The highest BCUT2D eigenvalue weighted by atomic mass is 79.9. The first-order valence-electron chi connectivity index (χ1n) is 7.39. The summed E-state index contributed by atoms with van der Waals surface area (Å²) in [6.07, 6.45) is 9.10. The van der Waals surface area contributed by atoms with Gasteiger partial charge < -0.3 is 10.2 Å². The number of hydrogen-bond acceptors (Lipinski definition) is 3. The lowest BCUT2D eigenvalue weighted by Gasteiger charge is -2.35. The van der Waals surface area contributed by atoms with E-state index in [0.29, 0.717) is 6.04 Å². The van der Waals surface area contributed by atoms with Crippen LogP contribution in [0.15, 0.2) is 22.9 Å². The summed E-state index contributed by atoms with van der Waals surface area (Å²) in [6.45, 7) is 1.87. The number of halogens is 1. The van der Waals surface area contributed by atoms with Gasteiger partial charge in [0.15, 0.2) is 0 Å². The van der Waals surface area contributed by atoms with Crippen molar-refractivity contribution in [2.75, 3.05) is 18.0 Å². The average molecular weight is 338 g/mol. The van der Waals surface area contributed by atoms with Gasteiger partial charge >= 0.3 is 0 Å². The van der Waals surface area contributed by atoms with E-state index in [1.807, 2.05) is 18.5 Å². The highest BCUT2D eigenvalue weighted by molar-refractivity contribution is 9.10. The second kappa shape index (κ2) is 6.12. The first kappa shape index (κ1) is 13.9. The van der Waals surface area contributed by atoms with Crippen LogP contribution in [0.5, 0.6) is 0 Å². The Morgan fingerprint density at radius 3 is 2.65 bits per heavy atom. The topological polar surface area (TPSA) is 45.2 Å². The molecule has 1 aliphatic carbocycles. The van der Waals surface area contributed by atoms with Gasteiger partial charge in [0.05, 0.1) is 10.2 Å². The van der Waals surface area contributed by atoms with Gasteiger partial charge in [-0.1, -0.05) is 0 Å². The van der Waals surface area contributed by atoms with E-state index in [1.54, 1.807) is 0 Å². The molecular formula is C15H20BrN3O. The van der Waals surface area contributed by atoms with Gasteiger partial charge in [-0.2, -0.15) is 0 Å². The Kier molecular flexibility index (Phi) is 4.24. The smallest absolute Gasteiger partial charge is 0.223 e. The molecule has 0 radical (unpaired) electrons. The van der Waals surface area contributed by atoms with Crippen LogP contribution in [-0.4, -0.2) is 30.0 Å². The fourth-order valence-electron chi connectivity index (χ4n) is 2.88. The number of carbonyl (C=O) groups excluding carboxylic acids is 1. The van der Waals surface area contributed by atoms with Crippen LogP contribution in [0.2, 0.25) is 0 Å². The molecule has 0 atom stereocenters. The maximum Gasteiger partial charge on any atom is 0.223 e. The van der Waals surface area contributed by atoms with Crippen LogP contribution in [0.4, 0.5) is 5.69 Å². The normalized spacial score (nSPS) is 20.6. The Morgan fingerprint density at radius 1 is 1.30 bits per heavy atom. The van der Waals surface area contributed by atoms with Gasteiger partial charge in [-0.05, 0) is 54.1 Å². The number of pyridine rings is 1. The summed E-state index contributed by atoms with van der Waals surface area (Å²) in [6, 6.07) is 2.48. The zero-order chi connectivity index (χ0) is 13.9. The molecular weight excluding hydrogens is 318 g/mol. The number of anilines is 1. The lowest BCUT2D eigenvalue weighted by Crippen LogP contribution is -2.46. The molecule has 2 fully saturated rings. The van der Waals surface area contributed by atoms with E-state index >= 15 is 0 Å². The van der Waals surface area contributed by atoms with Crippen molar-refractivity contribution in [3.63, 3.8) is 0 Å². The lowest BCUT2D eigenvalue weighted by atomic mass is 9.90. The molecule has 1 saturated heterocycles. The molecule has 2 heterocycles. The van der Waals surface area contributed by atoms with Gasteiger partial charge in [-0.15, -0.1) is 0 Å². The number of nitrogens with one attached hydrogen (secondary N) is 1. The van der Waals surface area contributed by atoms with Crippen LogP contribution in [0.25, 0.3) is 0 Å². The molecule has 1 amide bonds. The highest BCUT2D eigenvalue weighted by Gasteiger charge is 2.28. The van der Waals surface area contributed by atoms with Crippen molar-refractivity contribution in [3.8, 4) is 0 Å². The van der Waals surface area contributed by atoms with E-state index < -0.39 is 0 Å². The molecule has 0 spiro atoms. The maximum atomic E-state index is 12.2. The number of rotatable bonds is 3. The number of amides is 1. The molecule has 0 aromatic carbocycles. The van der Waals surface area contributed by atoms with Crippen LogP contribution < -0.4 is 10.2 Å². The van der Waals surface area contributed by atoms with Crippen molar-refractivity contribution in [2.24, 2.45) is 5.92 Å². The molecule has 0 unspecified atom stereocenters. The van der Waals surface area contributed by atoms with Crippen LogP contribution in [0.1, 0.15) is 32.1 Å². The predicted octanol–water partition coefficient (Wildman–Crippen LogP) is 2.73. The van der Waals surface area contributed by atoms with Gasteiger partial charge in [0.25, 0.3) is 0 Å². The molecule has 1 saturated carbocycles. The molecule has 1 aromatic heterocycles. The van der Waals surface area contributed by atoms with Crippen LogP contribution in [-0.2, 0) is 4.79 Å². The van der Waals surface area contributed by atoms with Crippen molar-refractivity contribution in [2.45, 2.75) is 38.1 Å². The number of piperidine rings is 1. The Bertz CT molecular complexity index is 482. The SMILES string of the molecule is O=C(NC1CCC1)C1CCN(c2ccncc2Br)CC1. The first-order valence-corrected chi connectivity index (χ1v) is 8.18. The van der Waals surface area contributed by atoms with Gasteiger partial charge in [0.2, 0.25) is 5.91 Å². The van der Waals surface area contributed by atoms with Gasteiger partial charge in [-0.25, -0.2) is 0 Å². The lowest BCUT2D eigenvalue weighted by molar-refractivity contribution is -0.126. The molecule has 2 aliphatic rings. The number of nitrogens with zero attached hydrogens (tertiary/aromatic N) is 2. The van der Waals surface area contributed by atoms with Crippen LogP contribution in [0, 0.1) is 5.92 Å². The van der Waals surface area contributed by atoms with Gasteiger partial charge in [-0.3, -0.25) is 9.78 Å². The Morgan fingerprint density at radius 2 is 2.05 bits per heavy atom. The fraction of sp³-hybridized carbons (Fsp3) is 0.600. The van der Waals surface area contributed by atoms with Crippen molar-refractivity contribution in [1.29, 1.82) is 0 Å². The largest absolute Gasteiger partial charge is 0.370 e. The third-order valence-electron chi connectivity index (χ3n) is 4.41. The molecule has 108 valence electrons. The standard InChI is InChI=1S/C15H20BrN3O/c16-13-10-17-7-4-14(13)19-8-5-11(6-9-19)15(20)18-12-2-1-3-12/h4,7,10-12H,1-3,5-6,8-9H2,(H,18,20). The molecule has 4 nitrogen and oxygen atoms in total. The summed E-state index contributed by atoms with van der Waals surface area (Å²) in [7, 11) is 0. The zero-order valence-corrected chi connectivity index (χ0v) is 13.1. The Balaban J connectivity index is 1.54. The molecule has 0 bridgehead atoms. The first-order chi connectivity index (χ1) is 9.74. The molecule has 1 aliphatic heterocycles. The maximum absolute atomic E-state index is 12.2. The van der Waals surface area contributed by atoms with E-state index in [9.17, 15) is 4.79 Å². The van der Waals surface area contributed by atoms with Crippen molar-refractivity contribution >= 4 is 27.5 Å². The fourth-order valence-corrected chi connectivity index (χ4v) is 3.38. The number of aromatic nitrogens is 1. The molecule has 20 heavy (non-hydrogen) atoms. The van der Waals surface area contributed by atoms with Gasteiger partial charge in [0.1, 0.15) is 0 Å². The zero-order valence-electron chi connectivity index (χ0n) is 11.5. The van der Waals surface area contributed by atoms with E-state index in [0.717, 1.165) is 43.2 Å². The molecule has 1 aromatic rings. The Hall–Kier alpha value is -1.10. The van der Waals surface area contributed by atoms with E-state index in [-0.39, 0.29) is 11.8 Å². The summed E-state index contributed by atoms with van der Waals surface area (Å²) in [5.74, 6) is 0.454. The van der Waals surface area contributed by atoms with Crippen LogP contribution in [0.3, 0.4) is 0 Å². The van der Waals surface area contributed by atoms with Gasteiger partial charge in [0, 0.05) is 37.4 Å². The molecule has 3 rings (SSSR count). The number of carbonyl (C=O) groups is 1. The van der Waals surface area contributed by atoms with Crippen LogP contribution >= 0.6 is 15.9 Å². The molecule has 5 heteroatoms. The number of hydrogen-bond donors (Lipinski definition) is 1.